The highest BCUT2D eigenvalue weighted by atomic mass is 79.9. The van der Waals surface area contributed by atoms with E-state index >= 15 is 0 Å². The summed E-state index contributed by atoms with van der Waals surface area (Å²) < 4.78 is 22.0. The maximum atomic E-state index is 11.6. The number of hydrogen-bond acceptors (Lipinski definition) is 2. The molecule has 0 fully saturated rings. The van der Waals surface area contributed by atoms with Gasteiger partial charge in [-0.2, -0.15) is 0 Å². The van der Waals surface area contributed by atoms with Gasteiger partial charge in [-0.3, -0.25) is 0 Å². The summed E-state index contributed by atoms with van der Waals surface area (Å²) in [5.74, 6) is -0.190. The number of primary sulfonamides is 1. The summed E-state index contributed by atoms with van der Waals surface area (Å²) in [6.07, 6.45) is 7.01. The fourth-order valence-corrected chi connectivity index (χ4v) is 3.79. The Morgan fingerprint density at radius 2 is 1.87 bits per heavy atom. The fourth-order valence-electron chi connectivity index (χ4n) is 1.75. The molecule has 5 heteroatoms. The molecular weight excluding hydrogens is 278 g/mol. The highest BCUT2D eigenvalue weighted by Gasteiger charge is 2.48. The Bertz CT molecular complexity index is 406. The van der Waals surface area contributed by atoms with E-state index in [-0.39, 0.29) is 11.3 Å². The van der Waals surface area contributed by atoms with Crippen molar-refractivity contribution in [3.63, 3.8) is 0 Å². The van der Waals surface area contributed by atoms with Gasteiger partial charge in [0.05, 0.1) is 0 Å². The smallest absolute Gasteiger partial charge is 0.227 e. The van der Waals surface area contributed by atoms with Crippen LogP contribution in [-0.4, -0.2) is 12.1 Å². The number of sulfonamides is 1. The maximum absolute atomic E-state index is 11.6. The van der Waals surface area contributed by atoms with Crippen molar-refractivity contribution in [2.45, 2.75) is 24.4 Å². The van der Waals surface area contributed by atoms with Crippen molar-refractivity contribution in [2.75, 3.05) is 0 Å². The van der Waals surface area contributed by atoms with Crippen LogP contribution in [0.2, 0.25) is 0 Å². The minimum atomic E-state index is -3.68. The Labute approximate surface area is 99.6 Å². The van der Waals surface area contributed by atoms with Crippen molar-refractivity contribution in [2.24, 2.45) is 16.5 Å². The van der Waals surface area contributed by atoms with Crippen molar-refractivity contribution in [3.05, 3.63) is 24.3 Å². The summed E-state index contributed by atoms with van der Waals surface area (Å²) >= 11 is 3.27. The van der Waals surface area contributed by atoms with Gasteiger partial charge in [0, 0.05) is 5.92 Å². The largest absolute Gasteiger partial charge is 0.229 e. The molecule has 15 heavy (non-hydrogen) atoms. The third-order valence-corrected chi connectivity index (χ3v) is 5.90. The maximum Gasteiger partial charge on any atom is 0.229 e. The van der Waals surface area contributed by atoms with Gasteiger partial charge in [-0.15, -0.1) is 0 Å². The molecule has 0 aromatic rings. The second-order valence-electron chi connectivity index (χ2n) is 4.83. The van der Waals surface area contributed by atoms with Gasteiger partial charge in [0.1, 0.15) is 0 Å². The molecule has 1 rings (SSSR count). The molecule has 86 valence electrons. The lowest BCUT2D eigenvalue weighted by Gasteiger charge is -2.39. The first-order valence-corrected chi connectivity index (χ1v) is 7.00. The normalized spacial score (nSPS) is 31.9. The van der Waals surface area contributed by atoms with Gasteiger partial charge in [-0.1, -0.05) is 61.0 Å². The molecule has 2 unspecified atom stereocenters. The molecule has 2 atom stereocenters. The van der Waals surface area contributed by atoms with Crippen LogP contribution < -0.4 is 5.14 Å². The lowest BCUT2D eigenvalue weighted by Crippen LogP contribution is -2.47. The number of nitrogens with two attached hydrogens (primary N) is 1. The van der Waals surface area contributed by atoms with E-state index in [2.05, 4.69) is 15.9 Å². The minimum Gasteiger partial charge on any atom is -0.227 e. The summed E-state index contributed by atoms with van der Waals surface area (Å²) in [5, 5.41) is 5.27. The van der Waals surface area contributed by atoms with E-state index in [1.807, 2.05) is 32.9 Å². The zero-order valence-electron chi connectivity index (χ0n) is 9.07. The molecule has 0 spiro atoms. The molecule has 0 radical (unpaired) electrons. The van der Waals surface area contributed by atoms with Crippen molar-refractivity contribution in [1.82, 2.24) is 0 Å². The third kappa shape index (κ3) is 2.34. The van der Waals surface area contributed by atoms with Gasteiger partial charge in [0.15, 0.2) is 3.66 Å². The van der Waals surface area contributed by atoms with Crippen LogP contribution in [0.4, 0.5) is 0 Å². The molecule has 0 saturated carbocycles. The van der Waals surface area contributed by atoms with E-state index in [1.165, 1.54) is 0 Å². The number of halogens is 1. The van der Waals surface area contributed by atoms with Crippen LogP contribution in [0.1, 0.15) is 20.8 Å². The molecule has 1 aliphatic rings. The second kappa shape index (κ2) is 3.71. The highest BCUT2D eigenvalue weighted by Crippen LogP contribution is 2.46. The van der Waals surface area contributed by atoms with Crippen LogP contribution >= 0.6 is 15.9 Å². The Balaban J connectivity index is 3.29. The standard InChI is InChI=1S/C10H16BrNO2S/c1-9(2,3)8-6-4-5-7-10(8,11)15(12,13)14/h4-8H,1-3H3,(H2,12,13,14). The molecule has 0 heterocycles. The van der Waals surface area contributed by atoms with Crippen molar-refractivity contribution < 1.29 is 8.42 Å². The van der Waals surface area contributed by atoms with E-state index in [9.17, 15) is 8.42 Å². The van der Waals surface area contributed by atoms with Gasteiger partial charge in [-0.25, -0.2) is 13.6 Å². The van der Waals surface area contributed by atoms with E-state index in [4.69, 9.17) is 5.14 Å². The van der Waals surface area contributed by atoms with E-state index in [0.717, 1.165) is 0 Å². The Morgan fingerprint density at radius 1 is 1.33 bits per heavy atom. The molecule has 0 aromatic heterocycles. The molecule has 0 bridgehead atoms. The molecule has 2 N–H and O–H groups in total. The fraction of sp³-hybridized carbons (Fsp3) is 0.600. The monoisotopic (exact) mass is 293 g/mol. The average molecular weight is 294 g/mol. The predicted molar refractivity (Wildman–Crippen MR) is 66.0 cm³/mol. The number of allylic oxidation sites excluding steroid dienone is 3. The van der Waals surface area contributed by atoms with Crippen LogP contribution in [0.3, 0.4) is 0 Å². The zero-order valence-corrected chi connectivity index (χ0v) is 11.5. The summed E-state index contributed by atoms with van der Waals surface area (Å²) in [4.78, 5) is 0. The second-order valence-corrected chi connectivity index (χ2v) is 8.43. The molecular formula is C10H16BrNO2S. The average Bonchev–Trinajstić information content (AvgIpc) is 2.00. The predicted octanol–water partition coefficient (Wildman–Crippen LogP) is 2.15. The minimum absolute atomic E-state index is 0.183. The highest BCUT2D eigenvalue weighted by molar-refractivity contribution is 9.11. The van der Waals surface area contributed by atoms with Crippen molar-refractivity contribution in [3.8, 4) is 0 Å². The van der Waals surface area contributed by atoms with Gasteiger partial charge in [0.2, 0.25) is 10.0 Å². The lowest BCUT2D eigenvalue weighted by atomic mass is 9.77. The summed E-state index contributed by atoms with van der Waals surface area (Å²) in [7, 11) is -3.68. The van der Waals surface area contributed by atoms with E-state index < -0.39 is 13.7 Å². The molecule has 0 aromatic carbocycles. The van der Waals surface area contributed by atoms with E-state index in [0.29, 0.717) is 0 Å². The van der Waals surface area contributed by atoms with Crippen LogP contribution in [0, 0.1) is 11.3 Å². The summed E-state index contributed by atoms with van der Waals surface area (Å²) in [6, 6.07) is 0. The van der Waals surface area contributed by atoms with E-state index in [1.54, 1.807) is 12.2 Å². The lowest BCUT2D eigenvalue weighted by molar-refractivity contribution is 0.285. The third-order valence-electron chi connectivity index (χ3n) is 2.53. The van der Waals surface area contributed by atoms with Crippen molar-refractivity contribution >= 4 is 26.0 Å². The molecule has 0 saturated heterocycles. The van der Waals surface area contributed by atoms with Crippen molar-refractivity contribution in [1.29, 1.82) is 0 Å². The number of rotatable bonds is 1. The topological polar surface area (TPSA) is 60.2 Å². The number of hydrogen-bond donors (Lipinski definition) is 1. The van der Waals surface area contributed by atoms with Gasteiger partial charge >= 0.3 is 0 Å². The van der Waals surface area contributed by atoms with Gasteiger partial charge in [0.25, 0.3) is 0 Å². The first-order chi connectivity index (χ1) is 6.59. The quantitative estimate of drug-likeness (QED) is 0.753. The molecule has 0 amide bonds. The van der Waals surface area contributed by atoms with Gasteiger partial charge < -0.3 is 0 Å². The molecule has 3 nitrogen and oxygen atoms in total. The van der Waals surface area contributed by atoms with Crippen LogP contribution in [0.5, 0.6) is 0 Å². The SMILES string of the molecule is CC(C)(C)C1C=CC=CC1(Br)S(N)(=O)=O. The first kappa shape index (κ1) is 12.9. The Kier molecular flexibility index (Phi) is 3.20. The molecule has 0 aliphatic heterocycles. The Morgan fingerprint density at radius 3 is 2.20 bits per heavy atom. The van der Waals surface area contributed by atoms with Crippen LogP contribution in [0.25, 0.3) is 0 Å². The zero-order chi connectivity index (χ0) is 11.9. The number of alkyl halides is 1. The Hall–Kier alpha value is -0.130. The first-order valence-electron chi connectivity index (χ1n) is 4.66. The molecule has 1 aliphatic carbocycles. The summed E-state index contributed by atoms with van der Waals surface area (Å²) in [6.45, 7) is 5.97. The van der Waals surface area contributed by atoms with Crippen LogP contribution in [-0.2, 0) is 10.0 Å². The van der Waals surface area contributed by atoms with Gasteiger partial charge in [-0.05, 0) is 5.41 Å². The summed E-state index contributed by atoms with van der Waals surface area (Å²) in [5.41, 5.74) is -0.183. The van der Waals surface area contributed by atoms with Crippen LogP contribution in [0.15, 0.2) is 24.3 Å².